The first-order valence-corrected chi connectivity index (χ1v) is 5.53. The number of nitrogens with one attached hydrogen (secondary N) is 1. The molecule has 0 aromatic heterocycles. The molecule has 0 aliphatic carbocycles. The molecule has 1 aromatic carbocycles. The highest BCUT2D eigenvalue weighted by Gasteiger charge is 2.37. The van der Waals surface area contributed by atoms with Crippen molar-refractivity contribution in [2.24, 2.45) is 0 Å². The number of hydrazine groups is 1. The molecule has 0 bridgehead atoms. The summed E-state index contributed by atoms with van der Waals surface area (Å²) in [6.45, 7) is 1.82. The SMILES string of the molecule is COC(=O)N1N[C@@H](C)[C@H](c2ccccc2)OC1=O. The average molecular weight is 250 g/mol. The molecule has 1 N–H and O–H groups in total. The fourth-order valence-electron chi connectivity index (χ4n) is 1.81. The Morgan fingerprint density at radius 3 is 2.67 bits per heavy atom. The van der Waals surface area contributed by atoms with Crippen LogP contribution >= 0.6 is 0 Å². The van der Waals surface area contributed by atoms with Gasteiger partial charge in [-0.25, -0.2) is 15.0 Å². The normalized spacial score (nSPS) is 23.4. The summed E-state index contributed by atoms with van der Waals surface area (Å²) >= 11 is 0. The molecule has 96 valence electrons. The van der Waals surface area contributed by atoms with Crippen LogP contribution in [0, 0.1) is 0 Å². The van der Waals surface area contributed by atoms with E-state index in [0.29, 0.717) is 0 Å². The molecule has 2 rings (SSSR count). The summed E-state index contributed by atoms with van der Waals surface area (Å²) in [4.78, 5) is 23.0. The maximum absolute atomic E-state index is 11.7. The van der Waals surface area contributed by atoms with E-state index in [1.165, 1.54) is 7.11 Å². The van der Waals surface area contributed by atoms with Crippen LogP contribution in [0.3, 0.4) is 0 Å². The van der Waals surface area contributed by atoms with Crippen molar-refractivity contribution in [3.05, 3.63) is 35.9 Å². The molecule has 2 atom stereocenters. The van der Waals surface area contributed by atoms with E-state index in [2.05, 4.69) is 10.2 Å². The minimum atomic E-state index is -0.793. The quantitative estimate of drug-likeness (QED) is 0.823. The molecule has 1 aromatic rings. The lowest BCUT2D eigenvalue weighted by molar-refractivity contribution is -0.0180. The maximum Gasteiger partial charge on any atom is 0.435 e. The lowest BCUT2D eigenvalue weighted by Crippen LogP contribution is -2.57. The van der Waals surface area contributed by atoms with Gasteiger partial charge in [-0.2, -0.15) is 0 Å². The molecule has 6 nitrogen and oxygen atoms in total. The summed E-state index contributed by atoms with van der Waals surface area (Å²) in [6.07, 6.45) is -1.99. The van der Waals surface area contributed by atoms with Crippen LogP contribution in [0.25, 0.3) is 0 Å². The molecule has 0 radical (unpaired) electrons. The summed E-state index contributed by atoms with van der Waals surface area (Å²) in [5.41, 5.74) is 3.62. The van der Waals surface area contributed by atoms with Crippen LogP contribution in [-0.4, -0.2) is 30.3 Å². The minimum absolute atomic E-state index is 0.232. The summed E-state index contributed by atoms with van der Waals surface area (Å²) in [7, 11) is 1.20. The van der Waals surface area contributed by atoms with E-state index in [0.717, 1.165) is 10.6 Å². The molecule has 1 aliphatic rings. The monoisotopic (exact) mass is 250 g/mol. The second-order valence-corrected chi connectivity index (χ2v) is 3.94. The zero-order valence-electron chi connectivity index (χ0n) is 10.1. The molecule has 1 saturated heterocycles. The van der Waals surface area contributed by atoms with Gasteiger partial charge in [0.1, 0.15) is 6.10 Å². The van der Waals surface area contributed by atoms with Gasteiger partial charge in [0.2, 0.25) is 0 Å². The average Bonchev–Trinajstić information content (AvgIpc) is 2.41. The molecule has 1 aliphatic heterocycles. The molecule has 0 unspecified atom stereocenters. The summed E-state index contributed by atoms with van der Waals surface area (Å²) in [5, 5.41) is 0.726. The van der Waals surface area contributed by atoms with E-state index >= 15 is 0 Å². The number of benzene rings is 1. The molecule has 1 heterocycles. The van der Waals surface area contributed by atoms with E-state index in [9.17, 15) is 9.59 Å². The van der Waals surface area contributed by atoms with Crippen LogP contribution in [0.2, 0.25) is 0 Å². The molecule has 18 heavy (non-hydrogen) atoms. The number of cyclic esters (lactones) is 1. The van der Waals surface area contributed by atoms with Gasteiger partial charge in [-0.15, -0.1) is 5.01 Å². The van der Waals surface area contributed by atoms with Crippen molar-refractivity contribution in [2.75, 3.05) is 7.11 Å². The van der Waals surface area contributed by atoms with Gasteiger partial charge < -0.3 is 9.47 Å². The molecular formula is C12H14N2O4. The number of amides is 2. The van der Waals surface area contributed by atoms with Crippen LogP contribution in [0.1, 0.15) is 18.6 Å². The number of carbonyl (C=O) groups is 2. The summed E-state index contributed by atoms with van der Waals surface area (Å²) in [6, 6.07) is 9.11. The Balaban J connectivity index is 2.15. The Kier molecular flexibility index (Phi) is 3.47. The Bertz CT molecular complexity index is 449. The lowest BCUT2D eigenvalue weighted by Gasteiger charge is -2.35. The number of hydrogen-bond acceptors (Lipinski definition) is 5. The van der Waals surface area contributed by atoms with E-state index in [1.54, 1.807) is 0 Å². The highest BCUT2D eigenvalue weighted by atomic mass is 16.6. The lowest BCUT2D eigenvalue weighted by atomic mass is 10.0. The van der Waals surface area contributed by atoms with Crippen LogP contribution in [0.15, 0.2) is 30.3 Å². The third-order valence-corrected chi connectivity index (χ3v) is 2.68. The van der Waals surface area contributed by atoms with Crippen LogP contribution in [0.5, 0.6) is 0 Å². The number of imide groups is 1. The van der Waals surface area contributed by atoms with Gasteiger partial charge in [0.05, 0.1) is 13.2 Å². The van der Waals surface area contributed by atoms with Crippen molar-refractivity contribution in [2.45, 2.75) is 19.1 Å². The molecule has 2 amide bonds. The molecule has 0 saturated carbocycles. The van der Waals surface area contributed by atoms with E-state index in [4.69, 9.17) is 4.74 Å². The highest BCUT2D eigenvalue weighted by Crippen LogP contribution is 2.25. The fraction of sp³-hybridized carbons (Fsp3) is 0.333. The van der Waals surface area contributed by atoms with Gasteiger partial charge in [-0.3, -0.25) is 0 Å². The topological polar surface area (TPSA) is 67.9 Å². The van der Waals surface area contributed by atoms with Crippen molar-refractivity contribution >= 4 is 12.2 Å². The maximum atomic E-state index is 11.7. The number of ether oxygens (including phenoxy) is 2. The summed E-state index contributed by atoms with van der Waals surface area (Å²) < 4.78 is 9.72. The minimum Gasteiger partial charge on any atom is -0.451 e. The van der Waals surface area contributed by atoms with E-state index in [1.807, 2.05) is 37.3 Å². The Morgan fingerprint density at radius 2 is 2.06 bits per heavy atom. The molecule has 1 fully saturated rings. The largest absolute Gasteiger partial charge is 0.451 e. The first-order valence-electron chi connectivity index (χ1n) is 5.53. The zero-order valence-corrected chi connectivity index (χ0v) is 10.1. The van der Waals surface area contributed by atoms with E-state index < -0.39 is 18.3 Å². The zero-order chi connectivity index (χ0) is 13.1. The Morgan fingerprint density at radius 1 is 1.39 bits per heavy atom. The van der Waals surface area contributed by atoms with Crippen molar-refractivity contribution in [3.63, 3.8) is 0 Å². The van der Waals surface area contributed by atoms with Gasteiger partial charge in [0, 0.05) is 0 Å². The van der Waals surface area contributed by atoms with Gasteiger partial charge in [0.25, 0.3) is 0 Å². The first kappa shape index (κ1) is 12.4. The predicted octanol–water partition coefficient (Wildman–Crippen LogP) is 1.84. The van der Waals surface area contributed by atoms with E-state index in [-0.39, 0.29) is 6.04 Å². The molecular weight excluding hydrogens is 236 g/mol. The Hall–Kier alpha value is -2.08. The van der Waals surface area contributed by atoms with Gasteiger partial charge in [-0.05, 0) is 12.5 Å². The number of hydrogen-bond donors (Lipinski definition) is 1. The van der Waals surface area contributed by atoms with Crippen molar-refractivity contribution < 1.29 is 19.1 Å². The number of methoxy groups -OCH3 is 1. The highest BCUT2D eigenvalue weighted by molar-refractivity contribution is 5.87. The van der Waals surface area contributed by atoms with Crippen LogP contribution in [-0.2, 0) is 9.47 Å². The van der Waals surface area contributed by atoms with Gasteiger partial charge in [0.15, 0.2) is 0 Å². The second-order valence-electron chi connectivity index (χ2n) is 3.94. The fourth-order valence-corrected chi connectivity index (χ4v) is 1.81. The smallest absolute Gasteiger partial charge is 0.435 e. The van der Waals surface area contributed by atoms with Crippen molar-refractivity contribution in [1.82, 2.24) is 10.4 Å². The first-order chi connectivity index (χ1) is 8.63. The number of nitrogens with zero attached hydrogens (tertiary/aromatic N) is 1. The molecule has 6 heteroatoms. The second kappa shape index (κ2) is 5.05. The van der Waals surface area contributed by atoms with Gasteiger partial charge >= 0.3 is 12.2 Å². The van der Waals surface area contributed by atoms with Crippen molar-refractivity contribution in [3.8, 4) is 0 Å². The predicted molar refractivity (Wildman–Crippen MR) is 62.5 cm³/mol. The third kappa shape index (κ3) is 2.28. The Labute approximate surface area is 104 Å². The van der Waals surface area contributed by atoms with Crippen LogP contribution < -0.4 is 5.43 Å². The third-order valence-electron chi connectivity index (χ3n) is 2.68. The van der Waals surface area contributed by atoms with Crippen molar-refractivity contribution in [1.29, 1.82) is 0 Å². The summed E-state index contributed by atoms with van der Waals surface area (Å²) in [5.74, 6) is 0. The number of rotatable bonds is 1. The van der Waals surface area contributed by atoms with Crippen LogP contribution in [0.4, 0.5) is 9.59 Å². The standard InChI is InChI=1S/C12H14N2O4/c1-8-10(9-6-4-3-5-7-9)18-12(16)14(13-8)11(15)17-2/h3-8,10,13H,1-2H3/t8-,10+/m0/s1. The molecule has 0 spiro atoms. The van der Waals surface area contributed by atoms with Gasteiger partial charge in [-0.1, -0.05) is 30.3 Å². The number of carbonyl (C=O) groups excluding carboxylic acids is 2.